The van der Waals surface area contributed by atoms with Gasteiger partial charge in [0.05, 0.1) is 10.4 Å². The number of nitrogens with zero attached hydrogens (tertiary/aromatic N) is 1. The van der Waals surface area contributed by atoms with Gasteiger partial charge in [0.15, 0.2) is 0 Å². The van der Waals surface area contributed by atoms with Gasteiger partial charge in [0.25, 0.3) is 0 Å². The van der Waals surface area contributed by atoms with Crippen LogP contribution in [0.2, 0.25) is 0 Å². The number of nitrogen functional groups attached to an aromatic ring is 1. The first-order chi connectivity index (χ1) is 8.23. The third-order valence-corrected chi connectivity index (χ3v) is 6.42. The maximum atomic E-state index is 12.6. The fraction of sp³-hybridized carbons (Fsp3) is 0.500. The maximum absolute atomic E-state index is 12.6. The summed E-state index contributed by atoms with van der Waals surface area (Å²) in [4.78, 5) is 0.975. The molecule has 0 bridgehead atoms. The number of fused-ring (bicyclic) bond motifs is 1. The molecule has 0 fully saturated rings. The van der Waals surface area contributed by atoms with Crippen LogP contribution in [0.4, 0.5) is 11.4 Å². The number of hydrogen-bond donors (Lipinski definition) is 1. The van der Waals surface area contributed by atoms with Gasteiger partial charge in [-0.05, 0) is 39.0 Å². The first-order valence-electron chi connectivity index (χ1n) is 5.78. The summed E-state index contributed by atoms with van der Waals surface area (Å²) in [7, 11) is -3.37. The van der Waals surface area contributed by atoms with Crippen LogP contribution >= 0.6 is 11.8 Å². The molecular formula is C12H18N2O2S2. The number of rotatable bonds is 1. The quantitative estimate of drug-likeness (QED) is 0.805. The van der Waals surface area contributed by atoms with Gasteiger partial charge in [-0.3, -0.25) is 4.31 Å². The zero-order chi connectivity index (χ0) is 13.6. The molecule has 18 heavy (non-hydrogen) atoms. The van der Waals surface area contributed by atoms with Gasteiger partial charge in [-0.25, -0.2) is 8.42 Å². The SMILES string of the molecule is CC(C)(C)S(=O)(=O)N1CCSc2ccc(N)cc21. The van der Waals surface area contributed by atoms with E-state index in [1.807, 2.05) is 6.07 Å². The molecule has 6 heteroatoms. The first-order valence-corrected chi connectivity index (χ1v) is 8.21. The van der Waals surface area contributed by atoms with Crippen molar-refractivity contribution in [2.45, 2.75) is 30.4 Å². The van der Waals surface area contributed by atoms with E-state index in [4.69, 9.17) is 5.73 Å². The van der Waals surface area contributed by atoms with Crippen LogP contribution in [0.3, 0.4) is 0 Å². The molecule has 2 rings (SSSR count). The smallest absolute Gasteiger partial charge is 0.240 e. The van der Waals surface area contributed by atoms with Crippen molar-refractivity contribution in [1.82, 2.24) is 0 Å². The van der Waals surface area contributed by atoms with Crippen LogP contribution in [0.5, 0.6) is 0 Å². The fourth-order valence-electron chi connectivity index (χ4n) is 1.79. The van der Waals surface area contributed by atoms with Crippen LogP contribution in [0, 0.1) is 0 Å². The van der Waals surface area contributed by atoms with E-state index in [1.54, 1.807) is 44.7 Å². The third-order valence-electron chi connectivity index (χ3n) is 2.87. The normalized spacial score (nSPS) is 16.5. The van der Waals surface area contributed by atoms with E-state index in [2.05, 4.69) is 0 Å². The molecule has 1 aromatic carbocycles. The number of hydrogen-bond acceptors (Lipinski definition) is 4. The van der Waals surface area contributed by atoms with Gasteiger partial charge in [0.2, 0.25) is 10.0 Å². The van der Waals surface area contributed by atoms with E-state index >= 15 is 0 Å². The second-order valence-electron chi connectivity index (χ2n) is 5.27. The van der Waals surface area contributed by atoms with Crippen molar-refractivity contribution in [3.8, 4) is 0 Å². The van der Waals surface area contributed by atoms with Gasteiger partial charge in [-0.2, -0.15) is 0 Å². The summed E-state index contributed by atoms with van der Waals surface area (Å²) in [5, 5.41) is 0. The van der Waals surface area contributed by atoms with Crippen LogP contribution in [-0.2, 0) is 10.0 Å². The summed E-state index contributed by atoms with van der Waals surface area (Å²) >= 11 is 1.67. The van der Waals surface area contributed by atoms with Crippen LogP contribution in [0.15, 0.2) is 23.1 Å². The number of anilines is 2. The van der Waals surface area contributed by atoms with Crippen molar-refractivity contribution in [3.63, 3.8) is 0 Å². The zero-order valence-corrected chi connectivity index (χ0v) is 12.4. The Morgan fingerprint density at radius 3 is 2.61 bits per heavy atom. The molecule has 100 valence electrons. The molecule has 0 unspecified atom stereocenters. The van der Waals surface area contributed by atoms with Crippen molar-refractivity contribution in [2.75, 3.05) is 22.3 Å². The van der Waals surface area contributed by atoms with Crippen molar-refractivity contribution in [2.24, 2.45) is 0 Å². The second kappa shape index (κ2) is 4.35. The predicted molar refractivity (Wildman–Crippen MR) is 77.6 cm³/mol. The Morgan fingerprint density at radius 2 is 2.00 bits per heavy atom. The number of benzene rings is 1. The molecule has 4 nitrogen and oxygen atoms in total. The van der Waals surface area contributed by atoms with Gasteiger partial charge in [-0.1, -0.05) is 0 Å². The van der Waals surface area contributed by atoms with E-state index in [0.717, 1.165) is 10.6 Å². The molecule has 0 aliphatic carbocycles. The largest absolute Gasteiger partial charge is 0.399 e. The fourth-order valence-corrected chi connectivity index (χ4v) is 4.34. The monoisotopic (exact) mass is 286 g/mol. The number of thioether (sulfide) groups is 1. The first kappa shape index (κ1) is 13.5. The summed E-state index contributed by atoms with van der Waals surface area (Å²) in [5.74, 6) is 0.770. The van der Waals surface area contributed by atoms with Gasteiger partial charge >= 0.3 is 0 Å². The van der Waals surface area contributed by atoms with Crippen LogP contribution in [0.25, 0.3) is 0 Å². The van der Waals surface area contributed by atoms with Gasteiger partial charge in [0.1, 0.15) is 0 Å². The topological polar surface area (TPSA) is 63.4 Å². The summed E-state index contributed by atoms with van der Waals surface area (Å²) in [6, 6.07) is 5.43. The lowest BCUT2D eigenvalue weighted by Crippen LogP contribution is -2.45. The Bertz CT molecular complexity index is 562. The Hall–Kier alpha value is -0.880. The summed E-state index contributed by atoms with van der Waals surface area (Å²) in [6.45, 7) is 5.66. The number of sulfonamides is 1. The van der Waals surface area contributed by atoms with E-state index in [-0.39, 0.29) is 0 Å². The Labute approximate surface area is 113 Å². The standard InChI is InChI=1S/C12H18N2O2S2/c1-12(2,3)18(15,16)14-6-7-17-11-5-4-9(13)8-10(11)14/h4-5,8H,6-7,13H2,1-3H3. The maximum Gasteiger partial charge on any atom is 0.240 e. The van der Waals surface area contributed by atoms with Crippen LogP contribution < -0.4 is 10.0 Å². The average Bonchev–Trinajstić information content (AvgIpc) is 2.26. The highest BCUT2D eigenvalue weighted by Gasteiger charge is 2.37. The lowest BCUT2D eigenvalue weighted by molar-refractivity contribution is 0.555. The minimum absolute atomic E-state index is 0.501. The molecule has 0 aromatic heterocycles. The molecule has 0 amide bonds. The summed E-state index contributed by atoms with van der Waals surface area (Å²) in [6.07, 6.45) is 0. The minimum Gasteiger partial charge on any atom is -0.399 e. The summed E-state index contributed by atoms with van der Waals surface area (Å²) < 4.78 is 25.8. The molecule has 1 heterocycles. The van der Waals surface area contributed by atoms with Crippen LogP contribution in [-0.4, -0.2) is 25.5 Å². The molecule has 2 N–H and O–H groups in total. The average molecular weight is 286 g/mol. The highest BCUT2D eigenvalue weighted by Crippen LogP contribution is 2.39. The molecule has 0 atom stereocenters. The molecule has 0 saturated heterocycles. The van der Waals surface area contributed by atoms with E-state index < -0.39 is 14.8 Å². The third kappa shape index (κ3) is 2.19. The molecule has 0 saturated carbocycles. The van der Waals surface area contributed by atoms with Crippen molar-refractivity contribution >= 4 is 33.2 Å². The zero-order valence-electron chi connectivity index (χ0n) is 10.8. The predicted octanol–water partition coefficient (Wildman–Crippen LogP) is 2.31. The lowest BCUT2D eigenvalue weighted by Gasteiger charge is -2.35. The highest BCUT2D eigenvalue weighted by molar-refractivity contribution is 8.00. The Morgan fingerprint density at radius 1 is 1.33 bits per heavy atom. The van der Waals surface area contributed by atoms with Crippen molar-refractivity contribution in [3.05, 3.63) is 18.2 Å². The van der Waals surface area contributed by atoms with Gasteiger partial charge in [0, 0.05) is 22.9 Å². The number of nitrogens with two attached hydrogens (primary N) is 1. The summed E-state index contributed by atoms with van der Waals surface area (Å²) in [5.41, 5.74) is 7.06. The van der Waals surface area contributed by atoms with E-state index in [9.17, 15) is 8.42 Å². The molecule has 1 aromatic rings. The highest BCUT2D eigenvalue weighted by atomic mass is 32.2. The van der Waals surface area contributed by atoms with Gasteiger partial charge < -0.3 is 5.73 Å². The molecule has 0 spiro atoms. The molecule has 0 radical (unpaired) electrons. The molecular weight excluding hydrogens is 268 g/mol. The second-order valence-corrected chi connectivity index (χ2v) is 9.02. The van der Waals surface area contributed by atoms with Crippen molar-refractivity contribution in [1.29, 1.82) is 0 Å². The van der Waals surface area contributed by atoms with Crippen molar-refractivity contribution < 1.29 is 8.42 Å². The van der Waals surface area contributed by atoms with E-state index in [1.165, 1.54) is 4.31 Å². The Balaban J connectivity index is 2.55. The molecule has 1 aliphatic rings. The molecule has 1 aliphatic heterocycles. The Kier molecular flexibility index (Phi) is 3.27. The van der Waals surface area contributed by atoms with Crippen LogP contribution in [0.1, 0.15) is 20.8 Å². The minimum atomic E-state index is -3.37. The van der Waals surface area contributed by atoms with E-state index in [0.29, 0.717) is 17.9 Å². The van der Waals surface area contributed by atoms with Gasteiger partial charge in [-0.15, -0.1) is 11.8 Å². The lowest BCUT2D eigenvalue weighted by atomic mass is 10.2.